The van der Waals surface area contributed by atoms with Crippen molar-refractivity contribution < 1.29 is 33.1 Å². The van der Waals surface area contributed by atoms with E-state index in [2.05, 4.69) is 10.5 Å². The topological polar surface area (TPSA) is 120 Å². The molecule has 1 N–H and O–H groups in total. The van der Waals surface area contributed by atoms with Crippen LogP contribution >= 0.6 is 0 Å². The average molecular weight is 443 g/mol. The number of hydrogen-bond donors (Lipinski definition) is 1. The van der Waals surface area contributed by atoms with Gasteiger partial charge in [0.1, 0.15) is 24.2 Å². The van der Waals surface area contributed by atoms with E-state index in [0.717, 1.165) is 0 Å². The molecule has 0 aliphatic carbocycles. The van der Waals surface area contributed by atoms with Gasteiger partial charge in [0.05, 0.1) is 31.2 Å². The number of likely N-dealkylation sites (N-methyl/N-ethyl adjacent to an activating group) is 1. The first-order chi connectivity index (χ1) is 15.4. The number of carbonyl (C=O) groups excluding carboxylic acids is 3. The summed E-state index contributed by atoms with van der Waals surface area (Å²) >= 11 is 0. The van der Waals surface area contributed by atoms with Crippen LogP contribution in [0.4, 0.5) is 5.69 Å². The second kappa shape index (κ2) is 8.99. The molecular formula is C22H25N3O7. The third-order valence-corrected chi connectivity index (χ3v) is 5.75. The molecule has 2 aliphatic heterocycles. The fourth-order valence-corrected chi connectivity index (χ4v) is 4.04. The summed E-state index contributed by atoms with van der Waals surface area (Å²) in [6, 6.07) is 6.21. The van der Waals surface area contributed by atoms with Crippen molar-refractivity contribution in [2.45, 2.75) is 44.4 Å². The third kappa shape index (κ3) is 4.45. The summed E-state index contributed by atoms with van der Waals surface area (Å²) in [7, 11) is 3.07. The number of aromatic nitrogens is 1. The number of methoxy groups -OCH3 is 1. The summed E-state index contributed by atoms with van der Waals surface area (Å²) in [5, 5.41) is 6.42. The predicted molar refractivity (Wildman–Crippen MR) is 112 cm³/mol. The molecule has 1 aromatic carbocycles. The van der Waals surface area contributed by atoms with Gasteiger partial charge in [-0.2, -0.15) is 0 Å². The van der Waals surface area contributed by atoms with E-state index in [1.165, 1.54) is 13.2 Å². The quantitative estimate of drug-likeness (QED) is 0.714. The number of rotatable bonds is 4. The fraction of sp³-hybridized carbons (Fsp3) is 0.455. The van der Waals surface area contributed by atoms with Crippen LogP contribution in [0.25, 0.3) is 0 Å². The van der Waals surface area contributed by atoms with Crippen LogP contribution in [0.15, 0.2) is 28.8 Å². The maximum atomic E-state index is 13.2. The molecule has 2 amide bonds. The van der Waals surface area contributed by atoms with Gasteiger partial charge < -0.3 is 29.0 Å². The van der Waals surface area contributed by atoms with Crippen LogP contribution in [-0.2, 0) is 14.3 Å². The van der Waals surface area contributed by atoms with Crippen molar-refractivity contribution in [2.24, 2.45) is 0 Å². The molecule has 1 fully saturated rings. The Hall–Kier alpha value is -3.40. The highest BCUT2D eigenvalue weighted by Gasteiger charge is 2.39. The van der Waals surface area contributed by atoms with E-state index in [-0.39, 0.29) is 48.8 Å². The minimum Gasteiger partial charge on any atom is -0.490 e. The number of carbonyl (C=O) groups is 3. The molecule has 10 heteroatoms. The van der Waals surface area contributed by atoms with Crippen molar-refractivity contribution in [1.29, 1.82) is 0 Å². The molecule has 170 valence electrons. The van der Waals surface area contributed by atoms with Crippen molar-refractivity contribution in [3.05, 3.63) is 41.3 Å². The zero-order valence-corrected chi connectivity index (χ0v) is 18.1. The predicted octanol–water partition coefficient (Wildman–Crippen LogP) is 2.18. The number of anilines is 1. The number of benzene rings is 1. The van der Waals surface area contributed by atoms with Gasteiger partial charge >= 0.3 is 5.97 Å². The lowest BCUT2D eigenvalue weighted by Crippen LogP contribution is -2.53. The lowest BCUT2D eigenvalue weighted by Gasteiger charge is -2.42. The van der Waals surface area contributed by atoms with Crippen molar-refractivity contribution >= 4 is 23.5 Å². The summed E-state index contributed by atoms with van der Waals surface area (Å²) in [6.45, 7) is 1.93. The Morgan fingerprint density at radius 2 is 2.09 bits per heavy atom. The van der Waals surface area contributed by atoms with Crippen molar-refractivity contribution in [3.63, 3.8) is 0 Å². The van der Waals surface area contributed by atoms with Crippen LogP contribution < -0.4 is 10.1 Å². The van der Waals surface area contributed by atoms with Gasteiger partial charge in [0.2, 0.25) is 0 Å². The smallest absolute Gasteiger partial charge is 0.308 e. The Kier molecular flexibility index (Phi) is 6.13. The van der Waals surface area contributed by atoms with E-state index < -0.39 is 5.91 Å². The zero-order chi connectivity index (χ0) is 22.8. The van der Waals surface area contributed by atoms with E-state index in [0.29, 0.717) is 35.6 Å². The Morgan fingerprint density at radius 3 is 2.81 bits per heavy atom. The average Bonchev–Trinajstić information content (AvgIpc) is 3.23. The van der Waals surface area contributed by atoms with E-state index in [4.69, 9.17) is 18.7 Å². The molecule has 3 heterocycles. The minimum absolute atomic E-state index is 0.151. The molecule has 0 saturated carbocycles. The second-order valence-corrected chi connectivity index (χ2v) is 7.94. The van der Waals surface area contributed by atoms with E-state index in [9.17, 15) is 14.4 Å². The van der Waals surface area contributed by atoms with Crippen molar-refractivity contribution in [2.75, 3.05) is 26.1 Å². The van der Waals surface area contributed by atoms with Gasteiger partial charge in [0, 0.05) is 18.8 Å². The summed E-state index contributed by atoms with van der Waals surface area (Å²) < 4.78 is 21.6. The normalized spacial score (nSPS) is 22.7. The van der Waals surface area contributed by atoms with Crippen LogP contribution in [0.2, 0.25) is 0 Å². The van der Waals surface area contributed by atoms with E-state index in [1.807, 2.05) is 0 Å². The lowest BCUT2D eigenvalue weighted by molar-refractivity contribution is -0.151. The number of amides is 2. The van der Waals surface area contributed by atoms with Gasteiger partial charge in [-0.25, -0.2) is 0 Å². The number of nitrogens with zero attached hydrogens (tertiary/aromatic N) is 2. The van der Waals surface area contributed by atoms with Crippen LogP contribution in [0.5, 0.6) is 5.75 Å². The number of ether oxygens (including phenoxy) is 3. The molecule has 10 nitrogen and oxygen atoms in total. The monoisotopic (exact) mass is 443 g/mol. The van der Waals surface area contributed by atoms with Crippen LogP contribution in [-0.4, -0.2) is 66.9 Å². The highest BCUT2D eigenvalue weighted by Crippen LogP contribution is 2.32. The molecule has 0 unspecified atom stereocenters. The van der Waals surface area contributed by atoms with Gasteiger partial charge in [-0.15, -0.1) is 0 Å². The molecule has 0 bridgehead atoms. The molecule has 4 rings (SSSR count). The molecule has 2 aromatic rings. The first kappa shape index (κ1) is 21.8. The highest BCUT2D eigenvalue weighted by atomic mass is 16.6. The summed E-state index contributed by atoms with van der Waals surface area (Å²) in [6.07, 6.45) is 0.841. The van der Waals surface area contributed by atoms with Crippen LogP contribution in [0.1, 0.15) is 45.9 Å². The van der Waals surface area contributed by atoms with E-state index in [1.54, 1.807) is 37.1 Å². The first-order valence-electron chi connectivity index (χ1n) is 10.4. The number of hydrogen-bond acceptors (Lipinski definition) is 8. The molecule has 0 radical (unpaired) electrons. The Morgan fingerprint density at radius 1 is 1.28 bits per heavy atom. The van der Waals surface area contributed by atoms with Gasteiger partial charge in [-0.3, -0.25) is 14.4 Å². The van der Waals surface area contributed by atoms with Gasteiger partial charge in [0.25, 0.3) is 11.8 Å². The summed E-state index contributed by atoms with van der Waals surface area (Å²) in [5.74, 6) is -0.0823. The number of fused-ring (bicyclic) bond motifs is 2. The number of aryl methyl sites for hydroxylation is 1. The largest absolute Gasteiger partial charge is 0.490 e. The molecule has 3 atom stereocenters. The Balaban J connectivity index is 1.51. The second-order valence-electron chi connectivity index (χ2n) is 7.94. The van der Waals surface area contributed by atoms with Crippen LogP contribution in [0, 0.1) is 6.92 Å². The maximum absolute atomic E-state index is 13.2. The summed E-state index contributed by atoms with van der Waals surface area (Å²) in [4.78, 5) is 38.9. The van der Waals surface area contributed by atoms with E-state index >= 15 is 0 Å². The molecule has 0 spiro atoms. The molecule has 32 heavy (non-hydrogen) atoms. The Labute approximate surface area is 184 Å². The molecule has 1 saturated heterocycles. The lowest BCUT2D eigenvalue weighted by atomic mass is 9.94. The number of esters is 1. The first-order valence-corrected chi connectivity index (χ1v) is 10.4. The summed E-state index contributed by atoms with van der Waals surface area (Å²) in [5.41, 5.74) is 0.935. The van der Waals surface area contributed by atoms with Crippen LogP contribution in [0.3, 0.4) is 0 Å². The maximum Gasteiger partial charge on any atom is 0.308 e. The molecular weight excluding hydrogens is 418 g/mol. The van der Waals surface area contributed by atoms with Gasteiger partial charge in [-0.1, -0.05) is 5.16 Å². The highest BCUT2D eigenvalue weighted by molar-refractivity contribution is 6.04. The van der Waals surface area contributed by atoms with Gasteiger partial charge in [0.15, 0.2) is 5.69 Å². The zero-order valence-electron chi connectivity index (χ0n) is 18.1. The fourth-order valence-electron chi connectivity index (χ4n) is 4.04. The standard InChI is InChI=1S/C22H25N3O7/c1-12-8-16(24-32-12)21(27)23-13-4-7-18-15(9-13)22(28)25(2)17-6-5-14(10-20(26)29-3)31-19(17)11-30-18/h4,7-9,14,17,19H,5-6,10-11H2,1-3H3,(H,23,27)/t14-,17+,19+/m0/s1. The number of nitrogens with one attached hydrogen (secondary N) is 1. The minimum atomic E-state index is -0.438. The van der Waals surface area contributed by atoms with Crippen molar-refractivity contribution in [1.82, 2.24) is 10.1 Å². The third-order valence-electron chi connectivity index (χ3n) is 5.75. The molecule has 2 aliphatic rings. The van der Waals surface area contributed by atoms with Crippen molar-refractivity contribution in [3.8, 4) is 5.75 Å². The molecule has 1 aromatic heterocycles. The van der Waals surface area contributed by atoms with Gasteiger partial charge in [-0.05, 0) is 38.0 Å². The Bertz CT molecular complexity index is 1030. The SMILES string of the molecule is COC(=O)C[C@@H]1CC[C@@H]2[C@@H](COc3ccc(NC(=O)c4cc(C)on4)cc3C(=O)N2C)O1.